The zero-order chi connectivity index (χ0) is 11.9. The van der Waals surface area contributed by atoms with Crippen LogP contribution in [0, 0.1) is 0 Å². The topological polar surface area (TPSA) is 26.0 Å². The van der Waals surface area contributed by atoms with Crippen LogP contribution in [-0.4, -0.2) is 4.98 Å². The average Bonchev–Trinajstić information content (AvgIpc) is 2.58. The van der Waals surface area contributed by atoms with Gasteiger partial charge in [0, 0.05) is 0 Å². The average molecular weight is 237 g/mol. The fourth-order valence-corrected chi connectivity index (χ4v) is 1.29. The molecular formula is C9H4F5NO. The molecule has 0 atom stereocenters. The number of hydrogen-bond donors (Lipinski definition) is 0. The Morgan fingerprint density at radius 1 is 1.19 bits per heavy atom. The maximum absolute atomic E-state index is 12.5. The van der Waals surface area contributed by atoms with Crippen molar-refractivity contribution in [3.63, 3.8) is 0 Å². The van der Waals surface area contributed by atoms with Crippen molar-refractivity contribution in [3.05, 3.63) is 29.7 Å². The molecule has 0 bridgehead atoms. The molecule has 2 nitrogen and oxygen atoms in total. The van der Waals surface area contributed by atoms with E-state index in [4.69, 9.17) is 0 Å². The highest BCUT2D eigenvalue weighted by Crippen LogP contribution is 2.35. The Balaban J connectivity index is 2.68. The van der Waals surface area contributed by atoms with Gasteiger partial charge >= 0.3 is 12.6 Å². The van der Waals surface area contributed by atoms with Gasteiger partial charge in [-0.2, -0.15) is 22.0 Å². The van der Waals surface area contributed by atoms with E-state index in [0.29, 0.717) is 0 Å². The highest BCUT2D eigenvalue weighted by Gasteiger charge is 2.34. The van der Waals surface area contributed by atoms with E-state index in [1.165, 1.54) is 0 Å². The normalized spacial score (nSPS) is 12.6. The van der Waals surface area contributed by atoms with Crippen molar-refractivity contribution in [2.75, 3.05) is 0 Å². The molecule has 2 rings (SSSR count). The van der Waals surface area contributed by atoms with Crippen molar-refractivity contribution < 1.29 is 26.4 Å². The Labute approximate surface area is 85.7 Å². The Hall–Kier alpha value is -1.66. The molecule has 86 valence electrons. The summed E-state index contributed by atoms with van der Waals surface area (Å²) >= 11 is 0. The van der Waals surface area contributed by atoms with Crippen LogP contribution in [0.4, 0.5) is 22.0 Å². The van der Waals surface area contributed by atoms with E-state index in [-0.39, 0.29) is 5.58 Å². The first-order chi connectivity index (χ1) is 7.39. The first kappa shape index (κ1) is 10.8. The molecule has 16 heavy (non-hydrogen) atoms. The number of oxazole rings is 1. The third-order valence-corrected chi connectivity index (χ3v) is 1.93. The quantitative estimate of drug-likeness (QED) is 0.705. The van der Waals surface area contributed by atoms with Gasteiger partial charge in [-0.15, -0.1) is 0 Å². The number of fused-ring (bicyclic) bond motifs is 1. The molecule has 7 heteroatoms. The molecule has 0 radical (unpaired) electrons. The molecule has 0 fully saturated rings. The molecule has 2 aromatic rings. The molecule has 1 aromatic carbocycles. The van der Waals surface area contributed by atoms with Crippen molar-refractivity contribution in [1.29, 1.82) is 0 Å². The molecule has 0 amide bonds. The number of rotatable bonds is 1. The Kier molecular flexibility index (Phi) is 2.32. The second-order valence-corrected chi connectivity index (χ2v) is 3.00. The number of aromatic nitrogens is 1. The monoisotopic (exact) mass is 237 g/mol. The van der Waals surface area contributed by atoms with E-state index < -0.39 is 29.6 Å². The minimum Gasteiger partial charge on any atom is -0.435 e. The van der Waals surface area contributed by atoms with Crippen molar-refractivity contribution in [1.82, 2.24) is 4.98 Å². The maximum atomic E-state index is 12.5. The number of nitrogens with zero attached hydrogens (tertiary/aromatic N) is 1. The van der Waals surface area contributed by atoms with Gasteiger partial charge in [-0.1, -0.05) is 6.07 Å². The number of hydrogen-bond acceptors (Lipinski definition) is 2. The summed E-state index contributed by atoms with van der Waals surface area (Å²) < 4.78 is 66.3. The van der Waals surface area contributed by atoms with Crippen molar-refractivity contribution in [3.8, 4) is 0 Å². The second-order valence-electron chi connectivity index (χ2n) is 3.00. The van der Waals surface area contributed by atoms with Gasteiger partial charge in [0.2, 0.25) is 0 Å². The standard InChI is InChI=1S/C9H4F5NO/c10-7(11)8-15-6-4(9(12,13)14)2-1-3-5(6)16-8/h1-3,7H. The van der Waals surface area contributed by atoms with Crippen LogP contribution in [0.25, 0.3) is 11.1 Å². The molecule has 0 saturated carbocycles. The van der Waals surface area contributed by atoms with Crippen LogP contribution in [0.2, 0.25) is 0 Å². The van der Waals surface area contributed by atoms with Crippen LogP contribution >= 0.6 is 0 Å². The van der Waals surface area contributed by atoms with E-state index >= 15 is 0 Å². The minimum absolute atomic E-state index is 0.301. The van der Waals surface area contributed by atoms with E-state index in [1.807, 2.05) is 0 Å². The Morgan fingerprint density at radius 2 is 1.88 bits per heavy atom. The summed E-state index contributed by atoms with van der Waals surface area (Å²) in [5.74, 6) is -1.01. The van der Waals surface area contributed by atoms with Crippen LogP contribution in [0.15, 0.2) is 22.6 Å². The summed E-state index contributed by atoms with van der Waals surface area (Å²) in [5, 5.41) is 0. The summed E-state index contributed by atoms with van der Waals surface area (Å²) in [7, 11) is 0. The highest BCUT2D eigenvalue weighted by molar-refractivity contribution is 5.77. The molecular weight excluding hydrogens is 233 g/mol. The SMILES string of the molecule is FC(F)c1nc2c(C(F)(F)F)cccc2o1. The van der Waals surface area contributed by atoms with Crippen LogP contribution in [0.3, 0.4) is 0 Å². The molecule has 1 heterocycles. The first-order valence-corrected chi connectivity index (χ1v) is 4.14. The summed E-state index contributed by atoms with van der Waals surface area (Å²) in [5.41, 5.74) is -1.98. The van der Waals surface area contributed by atoms with Crippen LogP contribution in [0.5, 0.6) is 0 Å². The van der Waals surface area contributed by atoms with Gasteiger partial charge in [0.05, 0.1) is 5.56 Å². The second kappa shape index (κ2) is 3.43. The minimum atomic E-state index is -4.64. The molecule has 0 N–H and O–H groups in total. The third-order valence-electron chi connectivity index (χ3n) is 1.93. The largest absolute Gasteiger partial charge is 0.435 e. The zero-order valence-corrected chi connectivity index (χ0v) is 7.55. The molecule has 0 saturated heterocycles. The summed E-state index contributed by atoms with van der Waals surface area (Å²) in [6.45, 7) is 0. The number of halogens is 5. The smallest absolute Gasteiger partial charge is 0.418 e. The van der Waals surface area contributed by atoms with Crippen molar-refractivity contribution in [2.45, 2.75) is 12.6 Å². The molecule has 1 aromatic heterocycles. The predicted molar refractivity (Wildman–Crippen MR) is 44.0 cm³/mol. The predicted octanol–water partition coefficient (Wildman–Crippen LogP) is 3.78. The summed E-state index contributed by atoms with van der Waals surface area (Å²) in [4.78, 5) is 3.14. The van der Waals surface area contributed by atoms with Gasteiger partial charge in [0.1, 0.15) is 5.52 Å². The molecule has 0 aliphatic rings. The Bertz CT molecular complexity index is 516. The molecule has 0 aliphatic carbocycles. The summed E-state index contributed by atoms with van der Waals surface area (Å²) in [6, 6.07) is 3.00. The lowest BCUT2D eigenvalue weighted by atomic mass is 10.2. The lowest BCUT2D eigenvalue weighted by Gasteiger charge is -2.05. The molecule has 0 aliphatic heterocycles. The van der Waals surface area contributed by atoms with Gasteiger partial charge in [-0.3, -0.25) is 0 Å². The van der Waals surface area contributed by atoms with Crippen molar-refractivity contribution >= 4 is 11.1 Å². The fraction of sp³-hybridized carbons (Fsp3) is 0.222. The number of para-hydroxylation sites is 1. The van der Waals surface area contributed by atoms with E-state index in [2.05, 4.69) is 9.40 Å². The van der Waals surface area contributed by atoms with E-state index in [0.717, 1.165) is 18.2 Å². The molecule has 0 spiro atoms. The van der Waals surface area contributed by atoms with Gasteiger partial charge in [0.15, 0.2) is 5.58 Å². The van der Waals surface area contributed by atoms with E-state index in [1.54, 1.807) is 0 Å². The van der Waals surface area contributed by atoms with E-state index in [9.17, 15) is 22.0 Å². The van der Waals surface area contributed by atoms with Gasteiger partial charge in [-0.25, -0.2) is 4.98 Å². The first-order valence-electron chi connectivity index (χ1n) is 4.14. The fourth-order valence-electron chi connectivity index (χ4n) is 1.29. The van der Waals surface area contributed by atoms with Crippen LogP contribution < -0.4 is 0 Å². The van der Waals surface area contributed by atoms with Gasteiger partial charge in [0.25, 0.3) is 5.89 Å². The van der Waals surface area contributed by atoms with Crippen LogP contribution in [-0.2, 0) is 6.18 Å². The highest BCUT2D eigenvalue weighted by atomic mass is 19.4. The van der Waals surface area contributed by atoms with Gasteiger partial charge < -0.3 is 4.42 Å². The van der Waals surface area contributed by atoms with Gasteiger partial charge in [-0.05, 0) is 12.1 Å². The third kappa shape index (κ3) is 1.72. The van der Waals surface area contributed by atoms with Crippen LogP contribution in [0.1, 0.15) is 17.9 Å². The summed E-state index contributed by atoms with van der Waals surface area (Å²) in [6.07, 6.45) is -7.68. The lowest BCUT2D eigenvalue weighted by molar-refractivity contribution is -0.136. The molecule has 0 unspecified atom stereocenters. The lowest BCUT2D eigenvalue weighted by Crippen LogP contribution is -2.05. The maximum Gasteiger partial charge on any atom is 0.418 e. The zero-order valence-electron chi connectivity index (χ0n) is 7.55. The number of alkyl halides is 5. The number of benzene rings is 1. The van der Waals surface area contributed by atoms with Crippen molar-refractivity contribution in [2.24, 2.45) is 0 Å². The Morgan fingerprint density at radius 3 is 2.44 bits per heavy atom.